The molecular weight excluding hydrogens is 206 g/mol. The number of hydrogen-bond acceptors (Lipinski definition) is 3. The van der Waals surface area contributed by atoms with Crippen LogP contribution in [0.5, 0.6) is 0 Å². The number of nitrogens with zero attached hydrogens (tertiary/aromatic N) is 2. The zero-order valence-corrected chi connectivity index (χ0v) is 8.76. The van der Waals surface area contributed by atoms with Gasteiger partial charge in [0.15, 0.2) is 0 Å². The van der Waals surface area contributed by atoms with E-state index in [0.717, 1.165) is 5.52 Å². The fraction of sp³-hybridized carbons (Fsp3) is 0.273. The van der Waals surface area contributed by atoms with Crippen molar-refractivity contribution >= 4 is 11.4 Å². The molecule has 16 heavy (non-hydrogen) atoms. The van der Waals surface area contributed by atoms with Crippen molar-refractivity contribution in [3.8, 4) is 0 Å². The van der Waals surface area contributed by atoms with Gasteiger partial charge in [-0.05, 0) is 18.6 Å². The summed E-state index contributed by atoms with van der Waals surface area (Å²) in [5.74, 6) is -0.128. The fourth-order valence-corrected chi connectivity index (χ4v) is 1.44. The first-order chi connectivity index (χ1) is 7.81. The largest absolute Gasteiger partial charge is 0.396 e. The first-order valence-corrected chi connectivity index (χ1v) is 5.12. The molecule has 1 amide bonds. The van der Waals surface area contributed by atoms with Crippen molar-refractivity contribution in [3.05, 3.63) is 36.4 Å². The van der Waals surface area contributed by atoms with Crippen LogP contribution in [0.15, 0.2) is 30.9 Å². The Bertz CT molecular complexity index is 493. The van der Waals surface area contributed by atoms with Crippen LogP contribution in [0.1, 0.15) is 16.8 Å². The molecule has 0 saturated carbocycles. The van der Waals surface area contributed by atoms with Gasteiger partial charge in [-0.25, -0.2) is 4.98 Å². The van der Waals surface area contributed by atoms with Crippen LogP contribution in [0.25, 0.3) is 5.52 Å². The van der Waals surface area contributed by atoms with Crippen LogP contribution in [0.2, 0.25) is 0 Å². The van der Waals surface area contributed by atoms with Gasteiger partial charge in [0, 0.05) is 24.9 Å². The van der Waals surface area contributed by atoms with Gasteiger partial charge in [-0.15, -0.1) is 0 Å². The summed E-state index contributed by atoms with van der Waals surface area (Å²) in [4.78, 5) is 15.6. The highest BCUT2D eigenvalue weighted by molar-refractivity contribution is 5.95. The van der Waals surface area contributed by atoms with Crippen molar-refractivity contribution in [1.29, 1.82) is 0 Å². The van der Waals surface area contributed by atoms with Crippen LogP contribution >= 0.6 is 0 Å². The van der Waals surface area contributed by atoms with Crippen LogP contribution < -0.4 is 5.32 Å². The van der Waals surface area contributed by atoms with E-state index in [1.165, 1.54) is 0 Å². The van der Waals surface area contributed by atoms with Crippen molar-refractivity contribution in [2.75, 3.05) is 13.2 Å². The van der Waals surface area contributed by atoms with Crippen LogP contribution in [0, 0.1) is 0 Å². The van der Waals surface area contributed by atoms with Gasteiger partial charge in [-0.1, -0.05) is 0 Å². The Morgan fingerprint density at radius 1 is 1.56 bits per heavy atom. The van der Waals surface area contributed by atoms with E-state index in [1.54, 1.807) is 30.9 Å². The maximum absolute atomic E-state index is 11.7. The van der Waals surface area contributed by atoms with E-state index in [2.05, 4.69) is 10.3 Å². The van der Waals surface area contributed by atoms with E-state index in [0.29, 0.717) is 18.5 Å². The Labute approximate surface area is 92.7 Å². The summed E-state index contributed by atoms with van der Waals surface area (Å²) in [5, 5.41) is 11.3. The molecule has 84 valence electrons. The first-order valence-electron chi connectivity index (χ1n) is 5.12. The lowest BCUT2D eigenvalue weighted by atomic mass is 10.2. The Morgan fingerprint density at radius 2 is 2.44 bits per heavy atom. The number of imidazole rings is 1. The van der Waals surface area contributed by atoms with Gasteiger partial charge < -0.3 is 14.8 Å². The zero-order chi connectivity index (χ0) is 11.4. The zero-order valence-electron chi connectivity index (χ0n) is 8.76. The molecule has 5 heteroatoms. The van der Waals surface area contributed by atoms with Crippen LogP contribution in [-0.2, 0) is 0 Å². The minimum atomic E-state index is -0.128. The van der Waals surface area contributed by atoms with Crippen LogP contribution in [0.4, 0.5) is 0 Å². The molecule has 0 spiro atoms. The number of aliphatic hydroxyl groups excluding tert-OH is 1. The minimum absolute atomic E-state index is 0.0853. The van der Waals surface area contributed by atoms with Gasteiger partial charge in [0.1, 0.15) is 0 Å². The number of carbonyl (C=O) groups is 1. The second-order valence-electron chi connectivity index (χ2n) is 3.47. The molecule has 2 aromatic rings. The quantitative estimate of drug-likeness (QED) is 0.733. The summed E-state index contributed by atoms with van der Waals surface area (Å²) in [7, 11) is 0. The predicted molar refractivity (Wildman–Crippen MR) is 59.2 cm³/mol. The summed E-state index contributed by atoms with van der Waals surface area (Å²) < 4.78 is 1.84. The molecule has 0 atom stereocenters. The number of aliphatic hydroxyl groups is 1. The Morgan fingerprint density at radius 3 is 3.25 bits per heavy atom. The molecule has 0 aliphatic rings. The van der Waals surface area contributed by atoms with Crippen LogP contribution in [-0.4, -0.2) is 33.6 Å². The summed E-state index contributed by atoms with van der Waals surface area (Å²) in [6.07, 6.45) is 5.75. The monoisotopic (exact) mass is 219 g/mol. The molecular formula is C11H13N3O2. The molecule has 2 heterocycles. The maximum Gasteiger partial charge on any atom is 0.251 e. The van der Waals surface area contributed by atoms with Gasteiger partial charge in [0.2, 0.25) is 0 Å². The van der Waals surface area contributed by atoms with Crippen molar-refractivity contribution in [2.45, 2.75) is 6.42 Å². The first kappa shape index (κ1) is 10.6. The molecule has 2 aromatic heterocycles. The van der Waals surface area contributed by atoms with E-state index >= 15 is 0 Å². The van der Waals surface area contributed by atoms with Crippen LogP contribution in [0.3, 0.4) is 0 Å². The lowest BCUT2D eigenvalue weighted by molar-refractivity contribution is 0.0951. The van der Waals surface area contributed by atoms with Gasteiger partial charge in [0.25, 0.3) is 5.91 Å². The molecule has 2 rings (SSSR count). The lowest BCUT2D eigenvalue weighted by Crippen LogP contribution is -2.25. The highest BCUT2D eigenvalue weighted by atomic mass is 16.3. The Hall–Kier alpha value is -1.88. The third kappa shape index (κ3) is 2.20. The molecule has 0 aromatic carbocycles. The van der Waals surface area contributed by atoms with E-state index in [-0.39, 0.29) is 12.5 Å². The predicted octanol–water partition coefficient (Wildman–Crippen LogP) is 0.446. The number of nitrogens with one attached hydrogen (secondary N) is 1. The summed E-state index contributed by atoms with van der Waals surface area (Å²) in [5.41, 5.74) is 1.49. The molecule has 0 unspecified atom stereocenters. The molecule has 0 saturated heterocycles. The summed E-state index contributed by atoms with van der Waals surface area (Å²) >= 11 is 0. The van der Waals surface area contributed by atoms with E-state index in [1.807, 2.05) is 4.40 Å². The SMILES string of the molecule is O=C(NCCCO)c1ccn2cncc2c1. The maximum atomic E-state index is 11.7. The highest BCUT2D eigenvalue weighted by Crippen LogP contribution is 2.06. The second kappa shape index (κ2) is 4.76. The van der Waals surface area contributed by atoms with Crippen molar-refractivity contribution in [2.24, 2.45) is 0 Å². The topological polar surface area (TPSA) is 66.6 Å². The fourth-order valence-electron chi connectivity index (χ4n) is 1.44. The summed E-state index contributed by atoms with van der Waals surface area (Å²) in [6.45, 7) is 0.571. The smallest absolute Gasteiger partial charge is 0.251 e. The van der Waals surface area contributed by atoms with E-state index in [4.69, 9.17) is 5.11 Å². The van der Waals surface area contributed by atoms with Gasteiger partial charge in [0.05, 0.1) is 18.0 Å². The van der Waals surface area contributed by atoms with Gasteiger partial charge in [-0.3, -0.25) is 4.79 Å². The Kier molecular flexibility index (Phi) is 3.16. The normalized spacial score (nSPS) is 10.6. The average Bonchev–Trinajstić information content (AvgIpc) is 2.76. The molecule has 0 aliphatic heterocycles. The lowest BCUT2D eigenvalue weighted by Gasteiger charge is -2.04. The van der Waals surface area contributed by atoms with E-state index < -0.39 is 0 Å². The third-order valence-corrected chi connectivity index (χ3v) is 2.30. The van der Waals surface area contributed by atoms with Crippen molar-refractivity contribution in [1.82, 2.24) is 14.7 Å². The standard InChI is InChI=1S/C11H13N3O2/c15-5-1-3-13-11(16)9-2-4-14-8-12-7-10(14)6-9/h2,4,6-8,15H,1,3,5H2,(H,13,16). The number of amides is 1. The number of hydrogen-bond donors (Lipinski definition) is 2. The molecule has 2 N–H and O–H groups in total. The molecule has 0 fully saturated rings. The van der Waals surface area contributed by atoms with Gasteiger partial charge >= 0.3 is 0 Å². The molecule has 5 nitrogen and oxygen atoms in total. The number of carbonyl (C=O) groups excluding carboxylic acids is 1. The second-order valence-corrected chi connectivity index (χ2v) is 3.47. The Balaban J connectivity index is 2.10. The highest BCUT2D eigenvalue weighted by Gasteiger charge is 2.05. The van der Waals surface area contributed by atoms with Gasteiger partial charge in [-0.2, -0.15) is 0 Å². The molecule has 0 radical (unpaired) electrons. The van der Waals surface area contributed by atoms with Crippen molar-refractivity contribution in [3.63, 3.8) is 0 Å². The number of aromatic nitrogens is 2. The number of fused-ring (bicyclic) bond motifs is 1. The van der Waals surface area contributed by atoms with Crippen molar-refractivity contribution < 1.29 is 9.90 Å². The minimum Gasteiger partial charge on any atom is -0.396 e. The number of rotatable bonds is 4. The summed E-state index contributed by atoms with van der Waals surface area (Å²) in [6, 6.07) is 3.52. The van der Waals surface area contributed by atoms with E-state index in [9.17, 15) is 4.79 Å². The number of pyridine rings is 1. The molecule has 0 aliphatic carbocycles. The average molecular weight is 219 g/mol. The molecule has 0 bridgehead atoms. The third-order valence-electron chi connectivity index (χ3n) is 2.30.